The molecule has 7 nitrogen and oxygen atoms in total. The summed E-state index contributed by atoms with van der Waals surface area (Å²) in [6, 6.07) is 10.4. The number of rotatable bonds is 5. The zero-order valence-corrected chi connectivity index (χ0v) is 17.0. The minimum absolute atomic E-state index is 0.0136. The lowest BCUT2D eigenvalue weighted by Crippen LogP contribution is -2.43. The number of nitrogens with zero attached hydrogens (tertiary/aromatic N) is 2. The monoisotopic (exact) mass is 398 g/mol. The summed E-state index contributed by atoms with van der Waals surface area (Å²) in [5.41, 5.74) is 3.61. The summed E-state index contributed by atoms with van der Waals surface area (Å²) in [5.74, 6) is 0.298. The lowest BCUT2D eigenvalue weighted by molar-refractivity contribution is 0.0972. The first-order valence-corrected chi connectivity index (χ1v) is 9.13. The first kappa shape index (κ1) is 21.1. The van der Waals surface area contributed by atoms with Crippen molar-refractivity contribution in [2.45, 2.75) is 27.7 Å². The molecule has 28 heavy (non-hydrogen) atoms. The third-order valence-corrected chi connectivity index (χ3v) is 4.04. The van der Waals surface area contributed by atoms with Gasteiger partial charge in [0, 0.05) is 5.69 Å². The van der Waals surface area contributed by atoms with Gasteiger partial charge in [0.1, 0.15) is 17.4 Å². The predicted octanol–water partition coefficient (Wildman–Crippen LogP) is 2.63. The van der Waals surface area contributed by atoms with E-state index in [9.17, 15) is 9.59 Å². The number of aryl methyl sites for hydroxylation is 2. The summed E-state index contributed by atoms with van der Waals surface area (Å²) < 4.78 is 6.82. The summed E-state index contributed by atoms with van der Waals surface area (Å²) in [7, 11) is 0. The fourth-order valence-electron chi connectivity index (χ4n) is 2.50. The molecule has 2 rings (SSSR count). The molecule has 0 fully saturated rings. The second-order valence-corrected chi connectivity index (χ2v) is 7.10. The Morgan fingerprint density at radius 1 is 1.32 bits per heavy atom. The van der Waals surface area contributed by atoms with Gasteiger partial charge < -0.3 is 4.74 Å². The van der Waals surface area contributed by atoms with E-state index in [2.05, 4.69) is 10.7 Å². The Bertz CT molecular complexity index is 1010. The molecule has 0 bridgehead atoms. The molecule has 0 aliphatic rings. The lowest BCUT2D eigenvalue weighted by atomic mass is 10.1. The highest BCUT2D eigenvalue weighted by molar-refractivity contribution is 7.80. The Kier molecular flexibility index (Phi) is 6.90. The summed E-state index contributed by atoms with van der Waals surface area (Å²) in [5, 5.41) is 11.6. The van der Waals surface area contributed by atoms with Crippen LogP contribution >= 0.6 is 12.2 Å². The van der Waals surface area contributed by atoms with E-state index in [0.29, 0.717) is 35.1 Å². The van der Waals surface area contributed by atoms with E-state index in [1.165, 1.54) is 0 Å². The molecule has 0 unspecified atom stereocenters. The first-order valence-electron chi connectivity index (χ1n) is 8.72. The Hall–Kier alpha value is -3.18. The van der Waals surface area contributed by atoms with Gasteiger partial charge in [-0.2, -0.15) is 5.26 Å². The number of amides is 1. The molecule has 0 spiro atoms. The highest BCUT2D eigenvalue weighted by Gasteiger charge is 2.16. The van der Waals surface area contributed by atoms with E-state index in [4.69, 9.17) is 22.2 Å². The molecule has 0 radical (unpaired) electrons. The number of carbonyl (C=O) groups is 1. The highest BCUT2D eigenvalue weighted by atomic mass is 32.1. The minimum Gasteiger partial charge on any atom is -0.492 e. The van der Waals surface area contributed by atoms with E-state index < -0.39 is 11.5 Å². The number of ether oxygens (including phenoxy) is 1. The number of nitrogens with one attached hydrogen (secondary N) is 2. The van der Waals surface area contributed by atoms with Crippen molar-refractivity contribution in [2.24, 2.45) is 5.92 Å². The van der Waals surface area contributed by atoms with Gasteiger partial charge in [-0.05, 0) is 55.7 Å². The molecule has 1 aromatic carbocycles. The molecule has 8 heteroatoms. The van der Waals surface area contributed by atoms with Crippen LogP contribution in [0.5, 0.6) is 5.75 Å². The van der Waals surface area contributed by atoms with Crippen molar-refractivity contribution in [3.8, 4) is 11.8 Å². The quantitative estimate of drug-likeness (QED) is 0.752. The van der Waals surface area contributed by atoms with Crippen LogP contribution in [0.3, 0.4) is 0 Å². The number of carbonyl (C=O) groups excluding carboxylic acids is 1. The molecular weight excluding hydrogens is 376 g/mol. The lowest BCUT2D eigenvalue weighted by Gasteiger charge is -2.16. The van der Waals surface area contributed by atoms with Crippen LogP contribution in [0, 0.1) is 31.1 Å². The van der Waals surface area contributed by atoms with Gasteiger partial charge in [-0.25, -0.2) is 4.68 Å². The van der Waals surface area contributed by atoms with Crippen molar-refractivity contribution in [3.05, 3.63) is 63.1 Å². The Labute approximate surface area is 168 Å². The highest BCUT2D eigenvalue weighted by Crippen LogP contribution is 2.18. The van der Waals surface area contributed by atoms with Crippen molar-refractivity contribution in [1.29, 1.82) is 5.26 Å². The van der Waals surface area contributed by atoms with Gasteiger partial charge >= 0.3 is 0 Å². The average molecular weight is 398 g/mol. The van der Waals surface area contributed by atoms with E-state index in [0.717, 1.165) is 4.68 Å². The number of thiocarbonyl (C=S) groups is 1. The smallest absolute Gasteiger partial charge is 0.287 e. The van der Waals surface area contributed by atoms with Crippen molar-refractivity contribution >= 4 is 23.2 Å². The SMILES string of the molecule is Cc1cc(C)n(NC(=S)NC(=O)c2ccccc2OCC(C)C)c(=O)c1C#N. The maximum Gasteiger partial charge on any atom is 0.287 e. The summed E-state index contributed by atoms with van der Waals surface area (Å²) >= 11 is 5.17. The average Bonchev–Trinajstić information content (AvgIpc) is 2.63. The topological polar surface area (TPSA) is 96.2 Å². The number of aromatic nitrogens is 1. The second kappa shape index (κ2) is 9.15. The normalized spacial score (nSPS) is 10.3. The Morgan fingerprint density at radius 2 is 2.00 bits per heavy atom. The van der Waals surface area contributed by atoms with Gasteiger partial charge in [-0.3, -0.25) is 20.3 Å². The zero-order chi connectivity index (χ0) is 20.8. The fourth-order valence-corrected chi connectivity index (χ4v) is 2.69. The summed E-state index contributed by atoms with van der Waals surface area (Å²) in [6.07, 6.45) is 0. The molecule has 0 atom stereocenters. The largest absolute Gasteiger partial charge is 0.492 e. The van der Waals surface area contributed by atoms with Crippen LogP contribution in [0.25, 0.3) is 0 Å². The maximum atomic E-state index is 12.6. The number of para-hydroxylation sites is 1. The molecular formula is C20H22N4O3S. The molecule has 1 heterocycles. The van der Waals surface area contributed by atoms with Crippen molar-refractivity contribution < 1.29 is 9.53 Å². The van der Waals surface area contributed by atoms with Gasteiger partial charge in [0.25, 0.3) is 11.5 Å². The maximum absolute atomic E-state index is 12.6. The van der Waals surface area contributed by atoms with Crippen LogP contribution in [0.1, 0.15) is 41.0 Å². The van der Waals surface area contributed by atoms with Crippen molar-refractivity contribution in [2.75, 3.05) is 12.0 Å². The standard InChI is InChI=1S/C20H22N4O3S/c1-12(2)11-27-17-8-6-5-7-15(17)18(25)22-20(28)23-24-14(4)9-13(3)16(10-21)19(24)26/h5-9,12H,11H2,1-4H3,(H2,22,23,25,28). The molecule has 0 saturated heterocycles. The van der Waals surface area contributed by atoms with E-state index >= 15 is 0 Å². The van der Waals surface area contributed by atoms with Crippen LogP contribution in [-0.4, -0.2) is 22.3 Å². The molecule has 1 aromatic heterocycles. The number of nitriles is 1. The molecule has 0 aliphatic heterocycles. The Morgan fingerprint density at radius 3 is 2.64 bits per heavy atom. The van der Waals surface area contributed by atoms with E-state index in [1.54, 1.807) is 44.2 Å². The molecule has 146 valence electrons. The number of hydrogen-bond donors (Lipinski definition) is 2. The molecule has 0 aliphatic carbocycles. The third-order valence-electron chi connectivity index (χ3n) is 3.85. The second-order valence-electron chi connectivity index (χ2n) is 6.69. The predicted molar refractivity (Wildman–Crippen MR) is 111 cm³/mol. The van der Waals surface area contributed by atoms with Gasteiger partial charge in [0.2, 0.25) is 0 Å². The first-order chi connectivity index (χ1) is 13.2. The zero-order valence-electron chi connectivity index (χ0n) is 16.2. The Balaban J connectivity index is 2.18. The molecule has 0 saturated carbocycles. The fraction of sp³-hybridized carbons (Fsp3) is 0.300. The van der Waals surface area contributed by atoms with Crippen molar-refractivity contribution in [3.63, 3.8) is 0 Å². The number of benzene rings is 1. The molecule has 1 amide bonds. The van der Waals surface area contributed by atoms with Crippen molar-refractivity contribution in [1.82, 2.24) is 9.99 Å². The molecule has 2 aromatic rings. The number of hydrogen-bond acceptors (Lipinski definition) is 5. The molecule has 2 N–H and O–H groups in total. The van der Waals surface area contributed by atoms with Gasteiger partial charge in [0.15, 0.2) is 5.11 Å². The van der Waals surface area contributed by atoms with Crippen LogP contribution in [-0.2, 0) is 0 Å². The van der Waals surface area contributed by atoms with Gasteiger partial charge in [-0.1, -0.05) is 26.0 Å². The van der Waals surface area contributed by atoms with E-state index in [1.807, 2.05) is 19.9 Å². The van der Waals surface area contributed by atoms with Crippen LogP contribution in [0.15, 0.2) is 35.1 Å². The summed E-state index contributed by atoms with van der Waals surface area (Å²) in [6.45, 7) is 7.88. The van der Waals surface area contributed by atoms with Gasteiger partial charge in [-0.15, -0.1) is 0 Å². The van der Waals surface area contributed by atoms with Gasteiger partial charge in [0.05, 0.1) is 12.2 Å². The van der Waals surface area contributed by atoms with E-state index in [-0.39, 0.29) is 10.7 Å². The minimum atomic E-state index is -0.530. The van der Waals surface area contributed by atoms with Crippen LogP contribution < -0.4 is 21.0 Å². The number of pyridine rings is 1. The van der Waals surface area contributed by atoms with Crippen LogP contribution in [0.4, 0.5) is 0 Å². The summed E-state index contributed by atoms with van der Waals surface area (Å²) in [4.78, 5) is 25.0. The third kappa shape index (κ3) is 4.96. The van der Waals surface area contributed by atoms with Crippen LogP contribution in [0.2, 0.25) is 0 Å².